The van der Waals surface area contributed by atoms with Gasteiger partial charge in [-0.05, 0) is 54.5 Å². The Morgan fingerprint density at radius 3 is 1.88 bits per heavy atom. The molecule has 2 aromatic heterocycles. The molecule has 2 amide bonds. The quantitative estimate of drug-likeness (QED) is 0.261. The minimum atomic E-state index is -1.07. The third-order valence-corrected chi connectivity index (χ3v) is 7.65. The van der Waals surface area contributed by atoms with Crippen LogP contribution >= 0.6 is 22.7 Å². The number of thiophene rings is 2. The third-order valence-electron chi connectivity index (χ3n) is 5.19. The van der Waals surface area contributed by atoms with Gasteiger partial charge in [-0.2, -0.15) is 0 Å². The zero-order chi connectivity index (χ0) is 25.6. The molecule has 0 atom stereocenters. The van der Waals surface area contributed by atoms with Gasteiger partial charge in [0.05, 0.1) is 11.1 Å². The molecule has 2 heterocycles. The van der Waals surface area contributed by atoms with Gasteiger partial charge in [0.1, 0.15) is 10.0 Å². The first-order valence-electron chi connectivity index (χ1n) is 11.2. The second kappa shape index (κ2) is 12.1. The summed E-state index contributed by atoms with van der Waals surface area (Å²) in [6.45, 7) is 9.70. The van der Waals surface area contributed by atoms with E-state index in [0.29, 0.717) is 46.3 Å². The number of rotatable bonds is 12. The van der Waals surface area contributed by atoms with Crippen LogP contribution in [0.25, 0.3) is 0 Å². The number of amides is 2. The monoisotopic (exact) mass is 508 g/mol. The predicted octanol–water partition coefficient (Wildman–Crippen LogP) is 5.97. The number of hydrogen-bond donors (Lipinski definition) is 4. The van der Waals surface area contributed by atoms with Crippen LogP contribution in [0, 0.1) is 12.8 Å². The second-order valence-electron chi connectivity index (χ2n) is 8.93. The molecule has 0 spiro atoms. The summed E-state index contributed by atoms with van der Waals surface area (Å²) in [4.78, 5) is 48.9. The van der Waals surface area contributed by atoms with Crippen LogP contribution in [0.1, 0.15) is 96.0 Å². The molecule has 2 rings (SSSR count). The summed E-state index contributed by atoms with van der Waals surface area (Å²) in [6, 6.07) is 0. The van der Waals surface area contributed by atoms with E-state index in [1.54, 1.807) is 12.3 Å². The van der Waals surface area contributed by atoms with E-state index in [0.717, 1.165) is 4.88 Å². The molecule has 2 aromatic rings. The van der Waals surface area contributed by atoms with Crippen LogP contribution in [0.3, 0.4) is 0 Å². The van der Waals surface area contributed by atoms with Crippen LogP contribution < -0.4 is 10.6 Å². The Hall–Kier alpha value is -2.72. The Morgan fingerprint density at radius 1 is 0.882 bits per heavy atom. The lowest BCUT2D eigenvalue weighted by Crippen LogP contribution is -2.15. The number of unbranched alkanes of at least 4 members (excludes halogenated alkanes) is 1. The van der Waals surface area contributed by atoms with E-state index in [4.69, 9.17) is 0 Å². The standard InChI is InChI=1S/C24H32N2O6S2/c1-12(2)10-15-11-33-21(19(15)24(31)32)25-16(27)8-6-7-9-17(28)26-22-18(23(29)30)14(5)20(34-22)13(3)4/h11-13H,6-10H2,1-5H3,(H,25,27)(H,26,28)(H,29,30)(H,31,32). The number of carbonyl (C=O) groups excluding carboxylic acids is 2. The van der Waals surface area contributed by atoms with E-state index >= 15 is 0 Å². The number of aromatic carboxylic acids is 2. The van der Waals surface area contributed by atoms with Crippen molar-refractivity contribution in [3.8, 4) is 0 Å². The number of hydrogen-bond acceptors (Lipinski definition) is 6. The zero-order valence-corrected chi connectivity index (χ0v) is 21.7. The summed E-state index contributed by atoms with van der Waals surface area (Å²) in [7, 11) is 0. The van der Waals surface area contributed by atoms with Crippen molar-refractivity contribution in [1.82, 2.24) is 0 Å². The van der Waals surface area contributed by atoms with Crippen LogP contribution in [0.15, 0.2) is 5.38 Å². The maximum atomic E-state index is 12.4. The number of carboxylic acid groups (broad SMARTS) is 2. The maximum Gasteiger partial charge on any atom is 0.338 e. The van der Waals surface area contributed by atoms with Crippen LogP contribution in [-0.4, -0.2) is 34.0 Å². The van der Waals surface area contributed by atoms with Crippen molar-refractivity contribution >= 4 is 56.4 Å². The van der Waals surface area contributed by atoms with E-state index < -0.39 is 11.9 Å². The highest BCUT2D eigenvalue weighted by Gasteiger charge is 2.23. The van der Waals surface area contributed by atoms with Crippen molar-refractivity contribution in [3.05, 3.63) is 32.5 Å². The van der Waals surface area contributed by atoms with Crippen LogP contribution in [0.4, 0.5) is 10.0 Å². The molecule has 0 aliphatic rings. The largest absolute Gasteiger partial charge is 0.478 e. The van der Waals surface area contributed by atoms with E-state index in [9.17, 15) is 29.4 Å². The molecule has 0 fully saturated rings. The highest BCUT2D eigenvalue weighted by Crippen LogP contribution is 2.37. The Bertz CT molecular complexity index is 1070. The smallest absolute Gasteiger partial charge is 0.338 e. The molecule has 10 heteroatoms. The molecule has 4 N–H and O–H groups in total. The van der Waals surface area contributed by atoms with Crippen LogP contribution in [0.5, 0.6) is 0 Å². The van der Waals surface area contributed by atoms with Gasteiger partial charge in [0.15, 0.2) is 0 Å². The van der Waals surface area contributed by atoms with Crippen molar-refractivity contribution in [1.29, 1.82) is 0 Å². The van der Waals surface area contributed by atoms with Gasteiger partial charge in [-0.1, -0.05) is 27.7 Å². The minimum absolute atomic E-state index is 0.128. The molecule has 0 unspecified atom stereocenters. The summed E-state index contributed by atoms with van der Waals surface area (Å²) in [5.41, 5.74) is 1.66. The first-order valence-corrected chi connectivity index (χ1v) is 12.9. The van der Waals surface area contributed by atoms with Gasteiger partial charge in [0.25, 0.3) is 0 Å². The van der Waals surface area contributed by atoms with Gasteiger partial charge in [0, 0.05) is 17.7 Å². The fourth-order valence-electron chi connectivity index (χ4n) is 3.69. The average molecular weight is 509 g/mol. The summed E-state index contributed by atoms with van der Waals surface area (Å²) in [5, 5.41) is 26.9. The molecular formula is C24H32N2O6S2. The molecule has 34 heavy (non-hydrogen) atoms. The second-order valence-corrected chi connectivity index (χ2v) is 10.9. The van der Waals surface area contributed by atoms with E-state index in [1.165, 1.54) is 22.7 Å². The Kier molecular flexibility index (Phi) is 9.81. The first-order chi connectivity index (χ1) is 15.9. The maximum absolute atomic E-state index is 12.4. The van der Waals surface area contributed by atoms with E-state index in [-0.39, 0.29) is 41.7 Å². The molecule has 8 nitrogen and oxygen atoms in total. The van der Waals surface area contributed by atoms with E-state index in [2.05, 4.69) is 10.6 Å². The highest BCUT2D eigenvalue weighted by molar-refractivity contribution is 7.17. The van der Waals surface area contributed by atoms with Crippen LogP contribution in [0.2, 0.25) is 0 Å². The van der Waals surface area contributed by atoms with Gasteiger partial charge in [-0.25, -0.2) is 9.59 Å². The van der Waals surface area contributed by atoms with Gasteiger partial charge >= 0.3 is 11.9 Å². The lowest BCUT2D eigenvalue weighted by atomic mass is 10.0. The number of anilines is 2. The van der Waals surface area contributed by atoms with Crippen LogP contribution in [-0.2, 0) is 16.0 Å². The Balaban J connectivity index is 1.88. The Labute approximate surface area is 207 Å². The molecule has 0 bridgehead atoms. The highest BCUT2D eigenvalue weighted by atomic mass is 32.1. The van der Waals surface area contributed by atoms with Crippen molar-refractivity contribution in [3.63, 3.8) is 0 Å². The lowest BCUT2D eigenvalue weighted by molar-refractivity contribution is -0.118. The van der Waals surface area contributed by atoms with Gasteiger partial charge < -0.3 is 20.8 Å². The van der Waals surface area contributed by atoms with Crippen molar-refractivity contribution < 1.29 is 29.4 Å². The van der Waals surface area contributed by atoms with Crippen molar-refractivity contribution in [2.45, 2.75) is 72.6 Å². The third kappa shape index (κ3) is 7.14. The topological polar surface area (TPSA) is 133 Å². The predicted molar refractivity (Wildman–Crippen MR) is 136 cm³/mol. The number of nitrogens with one attached hydrogen (secondary N) is 2. The fourth-order valence-corrected chi connectivity index (χ4v) is 5.89. The van der Waals surface area contributed by atoms with Gasteiger partial charge in [-0.3, -0.25) is 9.59 Å². The normalized spacial score (nSPS) is 11.1. The molecule has 0 aromatic carbocycles. The summed E-state index contributed by atoms with van der Waals surface area (Å²) in [6.07, 6.45) is 1.81. The SMILES string of the molecule is Cc1c(C(C)C)sc(NC(=O)CCCCC(=O)Nc2scc(CC(C)C)c2C(=O)O)c1C(=O)O. The summed E-state index contributed by atoms with van der Waals surface area (Å²) >= 11 is 2.49. The molecule has 0 saturated heterocycles. The molecule has 0 radical (unpaired) electrons. The van der Waals surface area contributed by atoms with Gasteiger partial charge in [0.2, 0.25) is 11.8 Å². The van der Waals surface area contributed by atoms with E-state index in [1.807, 2.05) is 27.7 Å². The molecule has 0 saturated carbocycles. The summed E-state index contributed by atoms with van der Waals surface area (Å²) in [5.74, 6) is -2.29. The number of carbonyl (C=O) groups is 4. The summed E-state index contributed by atoms with van der Waals surface area (Å²) < 4.78 is 0. The zero-order valence-electron chi connectivity index (χ0n) is 20.1. The van der Waals surface area contributed by atoms with Crippen molar-refractivity contribution in [2.75, 3.05) is 10.6 Å². The first kappa shape index (κ1) is 27.5. The Morgan fingerprint density at radius 2 is 1.41 bits per heavy atom. The lowest BCUT2D eigenvalue weighted by Gasteiger charge is -2.07. The molecular weight excluding hydrogens is 476 g/mol. The molecule has 0 aliphatic carbocycles. The van der Waals surface area contributed by atoms with Gasteiger partial charge in [-0.15, -0.1) is 22.7 Å². The average Bonchev–Trinajstić information content (AvgIpc) is 3.25. The minimum Gasteiger partial charge on any atom is -0.478 e. The molecule has 0 aliphatic heterocycles. The number of carboxylic acids is 2. The fraction of sp³-hybridized carbons (Fsp3) is 0.500. The molecule has 186 valence electrons. The van der Waals surface area contributed by atoms with Crippen molar-refractivity contribution in [2.24, 2.45) is 5.92 Å².